The number of carboxylic acid groups (broad SMARTS) is 1. The molecule has 7 nitrogen and oxygen atoms in total. The summed E-state index contributed by atoms with van der Waals surface area (Å²) < 4.78 is 1.61. The molecule has 0 saturated carbocycles. The molecule has 30 heavy (non-hydrogen) atoms. The summed E-state index contributed by atoms with van der Waals surface area (Å²) in [5.74, 6) is -0.235. The lowest BCUT2D eigenvalue weighted by Gasteiger charge is -2.22. The number of pyridine rings is 1. The molecule has 7 heteroatoms. The highest BCUT2D eigenvalue weighted by atomic mass is 16.4. The van der Waals surface area contributed by atoms with Crippen molar-refractivity contribution in [3.8, 4) is 0 Å². The van der Waals surface area contributed by atoms with E-state index in [4.69, 9.17) is 4.98 Å². The monoisotopic (exact) mass is 406 g/mol. The van der Waals surface area contributed by atoms with Crippen molar-refractivity contribution in [2.24, 2.45) is 0 Å². The molecule has 2 aromatic heterocycles. The van der Waals surface area contributed by atoms with Gasteiger partial charge in [-0.05, 0) is 57.4 Å². The van der Waals surface area contributed by atoms with Gasteiger partial charge in [0.15, 0.2) is 0 Å². The third kappa shape index (κ3) is 3.51. The summed E-state index contributed by atoms with van der Waals surface area (Å²) in [6.07, 6.45) is 4.02. The van der Waals surface area contributed by atoms with Crippen LogP contribution in [0.2, 0.25) is 0 Å². The lowest BCUT2D eigenvalue weighted by Crippen LogP contribution is -2.28. The summed E-state index contributed by atoms with van der Waals surface area (Å²) in [4.78, 5) is 31.8. The molecule has 0 aliphatic carbocycles. The molecule has 1 atom stereocenters. The molecule has 0 radical (unpaired) electrons. The smallest absolute Gasteiger partial charge is 0.337 e. The number of benzene rings is 1. The first-order valence-electron chi connectivity index (χ1n) is 10.2. The van der Waals surface area contributed by atoms with Gasteiger partial charge in [0.05, 0.1) is 17.2 Å². The topological polar surface area (TPSA) is 86.9 Å². The summed E-state index contributed by atoms with van der Waals surface area (Å²) in [6.45, 7) is 7.54. The van der Waals surface area contributed by atoms with Gasteiger partial charge in [-0.25, -0.2) is 9.78 Å². The fraction of sp³-hybridized carbons (Fsp3) is 0.348. The van der Waals surface area contributed by atoms with Crippen LogP contribution in [0.3, 0.4) is 0 Å². The molecule has 0 unspecified atom stereocenters. The molecule has 1 aliphatic heterocycles. The van der Waals surface area contributed by atoms with E-state index in [0.717, 1.165) is 42.9 Å². The first kappa shape index (κ1) is 19.9. The Bertz CT molecular complexity index is 1180. The van der Waals surface area contributed by atoms with Gasteiger partial charge in [0, 0.05) is 30.5 Å². The number of aromatic nitrogens is 2. The minimum absolute atomic E-state index is 0.0648. The van der Waals surface area contributed by atoms with Crippen molar-refractivity contribution in [3.05, 3.63) is 69.1 Å². The second kappa shape index (κ2) is 7.82. The van der Waals surface area contributed by atoms with Crippen molar-refractivity contribution in [2.45, 2.75) is 39.7 Å². The predicted molar refractivity (Wildman–Crippen MR) is 118 cm³/mol. The molecule has 1 saturated heterocycles. The largest absolute Gasteiger partial charge is 0.478 e. The van der Waals surface area contributed by atoms with Crippen LogP contribution < -0.4 is 15.8 Å². The molecule has 156 valence electrons. The molecule has 4 rings (SSSR count). The van der Waals surface area contributed by atoms with Crippen LogP contribution in [0.4, 0.5) is 11.5 Å². The summed E-state index contributed by atoms with van der Waals surface area (Å²) in [5.41, 5.74) is 3.73. The van der Waals surface area contributed by atoms with E-state index in [-0.39, 0.29) is 17.2 Å². The molecule has 2 N–H and O–H groups in total. The van der Waals surface area contributed by atoms with E-state index in [1.165, 1.54) is 0 Å². The number of rotatable bonds is 5. The number of aryl methyl sites for hydroxylation is 1. The van der Waals surface area contributed by atoms with E-state index in [1.54, 1.807) is 28.7 Å². The van der Waals surface area contributed by atoms with E-state index in [0.29, 0.717) is 16.9 Å². The van der Waals surface area contributed by atoms with Crippen LogP contribution in [-0.4, -0.2) is 33.6 Å². The van der Waals surface area contributed by atoms with Crippen LogP contribution in [0.15, 0.2) is 41.3 Å². The van der Waals surface area contributed by atoms with Crippen LogP contribution in [-0.2, 0) is 0 Å². The Labute approximate surface area is 175 Å². The lowest BCUT2D eigenvalue weighted by atomic mass is 10.1. The first-order valence-corrected chi connectivity index (χ1v) is 10.2. The van der Waals surface area contributed by atoms with Gasteiger partial charge in [0.25, 0.3) is 5.56 Å². The Balaban J connectivity index is 1.84. The second-order valence-electron chi connectivity index (χ2n) is 7.94. The molecular weight excluding hydrogens is 380 g/mol. The van der Waals surface area contributed by atoms with Crippen molar-refractivity contribution < 1.29 is 9.90 Å². The lowest BCUT2D eigenvalue weighted by molar-refractivity contribution is 0.0698. The molecular formula is C23H26N4O3. The van der Waals surface area contributed by atoms with E-state index < -0.39 is 5.97 Å². The number of hydrogen-bond donors (Lipinski definition) is 2. The summed E-state index contributed by atoms with van der Waals surface area (Å²) in [5, 5.41) is 12.8. The molecule has 3 aromatic rings. The zero-order valence-electron chi connectivity index (χ0n) is 17.5. The third-order valence-corrected chi connectivity index (χ3v) is 5.69. The van der Waals surface area contributed by atoms with Crippen molar-refractivity contribution in [1.82, 2.24) is 9.38 Å². The highest BCUT2D eigenvalue weighted by Gasteiger charge is 2.22. The number of nitrogens with zero attached hydrogens (tertiary/aromatic N) is 3. The number of aromatic carboxylic acids is 1. The first-order chi connectivity index (χ1) is 14.4. The minimum atomic E-state index is -0.985. The maximum absolute atomic E-state index is 13.1. The number of fused-ring (bicyclic) bond motifs is 1. The maximum atomic E-state index is 13.1. The number of carboxylic acids is 1. The van der Waals surface area contributed by atoms with E-state index in [2.05, 4.69) is 10.2 Å². The van der Waals surface area contributed by atoms with Gasteiger partial charge in [-0.1, -0.05) is 12.1 Å². The molecule has 0 bridgehead atoms. The van der Waals surface area contributed by atoms with Crippen molar-refractivity contribution in [3.63, 3.8) is 0 Å². The quantitative estimate of drug-likeness (QED) is 0.671. The Morgan fingerprint density at radius 3 is 2.60 bits per heavy atom. The van der Waals surface area contributed by atoms with Crippen molar-refractivity contribution in [1.29, 1.82) is 0 Å². The number of hydrogen-bond acceptors (Lipinski definition) is 5. The zero-order valence-corrected chi connectivity index (χ0v) is 17.5. The summed E-state index contributed by atoms with van der Waals surface area (Å²) in [7, 11) is 0. The van der Waals surface area contributed by atoms with E-state index in [1.807, 2.05) is 33.0 Å². The van der Waals surface area contributed by atoms with Gasteiger partial charge in [-0.3, -0.25) is 9.20 Å². The van der Waals surface area contributed by atoms with Gasteiger partial charge in [0.1, 0.15) is 11.5 Å². The molecule has 0 spiro atoms. The SMILES string of the molecule is Cc1cc([C@@H](C)Nc2ccccc2C(=O)O)c2nc(N3CCCC3)c(C)c(=O)n2c1. The number of anilines is 2. The standard InChI is InChI=1S/C23H26N4O3/c1-14-12-18(16(3)24-19-9-5-4-8-17(19)23(29)30)21-25-20(26-10-6-7-11-26)15(2)22(28)27(21)13-14/h4-5,8-9,12-13,16,24H,6-7,10-11H2,1-3H3,(H,29,30)/t16-/m1/s1. The van der Waals surface area contributed by atoms with Crippen LogP contribution in [0.5, 0.6) is 0 Å². The summed E-state index contributed by atoms with van der Waals surface area (Å²) >= 11 is 0. The van der Waals surface area contributed by atoms with Crippen LogP contribution in [0.25, 0.3) is 5.65 Å². The Morgan fingerprint density at radius 2 is 1.90 bits per heavy atom. The fourth-order valence-electron chi connectivity index (χ4n) is 4.15. The van der Waals surface area contributed by atoms with E-state index >= 15 is 0 Å². The van der Waals surface area contributed by atoms with Crippen LogP contribution >= 0.6 is 0 Å². The van der Waals surface area contributed by atoms with E-state index in [9.17, 15) is 14.7 Å². The predicted octanol–water partition coefficient (Wildman–Crippen LogP) is 3.78. The fourth-order valence-corrected chi connectivity index (χ4v) is 4.15. The minimum Gasteiger partial charge on any atom is -0.478 e. The molecule has 0 amide bonds. The average molecular weight is 406 g/mol. The van der Waals surface area contributed by atoms with Gasteiger partial charge in [-0.2, -0.15) is 0 Å². The highest BCUT2D eigenvalue weighted by molar-refractivity contribution is 5.94. The Hall–Kier alpha value is -3.35. The molecule has 1 aromatic carbocycles. The van der Waals surface area contributed by atoms with Gasteiger partial charge < -0.3 is 15.3 Å². The Kier molecular flexibility index (Phi) is 5.20. The molecule has 1 fully saturated rings. The zero-order chi connectivity index (χ0) is 21.4. The second-order valence-corrected chi connectivity index (χ2v) is 7.94. The van der Waals surface area contributed by atoms with Crippen LogP contribution in [0, 0.1) is 13.8 Å². The normalized spacial score (nSPS) is 14.8. The number of nitrogens with one attached hydrogen (secondary N) is 1. The van der Waals surface area contributed by atoms with Gasteiger partial charge >= 0.3 is 5.97 Å². The van der Waals surface area contributed by atoms with Gasteiger partial charge in [0.2, 0.25) is 0 Å². The van der Waals surface area contributed by atoms with Crippen molar-refractivity contribution in [2.75, 3.05) is 23.3 Å². The number of para-hydroxylation sites is 1. The molecule has 1 aliphatic rings. The summed E-state index contributed by atoms with van der Waals surface area (Å²) in [6, 6.07) is 8.58. The van der Waals surface area contributed by atoms with Crippen molar-refractivity contribution >= 4 is 23.1 Å². The molecule has 3 heterocycles. The third-order valence-electron chi connectivity index (χ3n) is 5.69. The number of carbonyl (C=O) groups is 1. The maximum Gasteiger partial charge on any atom is 0.337 e. The Morgan fingerprint density at radius 1 is 1.20 bits per heavy atom. The highest BCUT2D eigenvalue weighted by Crippen LogP contribution is 2.28. The van der Waals surface area contributed by atoms with Crippen LogP contribution in [0.1, 0.15) is 52.9 Å². The average Bonchev–Trinajstić information content (AvgIpc) is 3.25. The van der Waals surface area contributed by atoms with Gasteiger partial charge in [-0.15, -0.1) is 0 Å².